The molecule has 0 aliphatic carbocycles. The van der Waals surface area contributed by atoms with Crippen molar-refractivity contribution < 1.29 is 33.7 Å². The molecule has 3 amide bonds. The van der Waals surface area contributed by atoms with Gasteiger partial charge in [0.05, 0.1) is 33.0 Å². The second-order valence-electron chi connectivity index (χ2n) is 13.4. The average Bonchev–Trinajstić information content (AvgIpc) is 3.58. The smallest absolute Gasteiger partial charge is 0.245 e. The Kier molecular flexibility index (Phi) is 16.4. The molecule has 3 atom stereocenters. The molecular formula is C44H53N3O7. The molecule has 3 aromatic rings. The number of carbonyl (C=O) groups is 3. The van der Waals surface area contributed by atoms with E-state index in [-0.39, 0.29) is 37.3 Å². The number of ether oxygens (including phenoxy) is 3. The highest BCUT2D eigenvalue weighted by atomic mass is 16.5. The molecule has 0 saturated carbocycles. The summed E-state index contributed by atoms with van der Waals surface area (Å²) < 4.78 is 18.0. The number of rotatable bonds is 21. The number of nitrogens with zero attached hydrogens (tertiary/aromatic N) is 1. The summed E-state index contributed by atoms with van der Waals surface area (Å²) in [7, 11) is 3.23. The van der Waals surface area contributed by atoms with Gasteiger partial charge in [-0.05, 0) is 79.5 Å². The van der Waals surface area contributed by atoms with Gasteiger partial charge in [-0.2, -0.15) is 0 Å². The summed E-state index contributed by atoms with van der Waals surface area (Å²) in [6, 6.07) is 24.0. The maximum Gasteiger partial charge on any atom is 0.245 e. The first-order valence-corrected chi connectivity index (χ1v) is 18.7. The third-order valence-electron chi connectivity index (χ3n) is 9.67. The maximum atomic E-state index is 14.4. The van der Waals surface area contributed by atoms with Crippen molar-refractivity contribution in [3.63, 3.8) is 0 Å². The van der Waals surface area contributed by atoms with E-state index in [0.29, 0.717) is 75.8 Å². The number of benzene rings is 3. The third kappa shape index (κ3) is 11.4. The summed E-state index contributed by atoms with van der Waals surface area (Å²) in [5.74, 6) is 5.86. The van der Waals surface area contributed by atoms with Crippen LogP contribution in [0.5, 0.6) is 11.5 Å². The van der Waals surface area contributed by atoms with Gasteiger partial charge in [-0.1, -0.05) is 54.6 Å². The maximum absolute atomic E-state index is 14.4. The largest absolute Gasteiger partial charge is 0.497 e. The first-order valence-electron chi connectivity index (χ1n) is 18.7. The van der Waals surface area contributed by atoms with E-state index in [4.69, 9.17) is 27.1 Å². The Hall–Kier alpha value is -5.29. The second kappa shape index (κ2) is 21.4. The lowest BCUT2D eigenvalue weighted by molar-refractivity contribution is -0.139. The second-order valence-corrected chi connectivity index (χ2v) is 13.4. The van der Waals surface area contributed by atoms with Crippen molar-refractivity contribution in [2.24, 2.45) is 0 Å². The van der Waals surface area contributed by atoms with Crippen LogP contribution in [0.25, 0.3) is 0 Å². The molecule has 1 aliphatic heterocycles. The van der Waals surface area contributed by atoms with E-state index in [1.165, 1.54) is 0 Å². The fourth-order valence-corrected chi connectivity index (χ4v) is 6.83. The van der Waals surface area contributed by atoms with Crippen LogP contribution in [0.2, 0.25) is 0 Å². The zero-order valence-corrected chi connectivity index (χ0v) is 31.4. The van der Waals surface area contributed by atoms with Gasteiger partial charge in [0.25, 0.3) is 0 Å². The molecule has 0 radical (unpaired) electrons. The fraction of sp³-hybridized carbons (Fsp3) is 0.432. The molecular weight excluding hydrogens is 682 g/mol. The number of hydrogen-bond donors (Lipinski definition) is 3. The highest BCUT2D eigenvalue weighted by molar-refractivity contribution is 5.88. The number of β-amino-alcohol motifs (C(OH)–C–C–N with tert-alkyl or cyclic N) is 1. The summed E-state index contributed by atoms with van der Waals surface area (Å²) >= 11 is 0. The number of carbonyl (C=O) groups excluding carboxylic acids is 3. The normalized spacial score (nSPS) is 15.8. The molecule has 1 saturated heterocycles. The van der Waals surface area contributed by atoms with Crippen molar-refractivity contribution in [1.82, 2.24) is 15.5 Å². The summed E-state index contributed by atoms with van der Waals surface area (Å²) in [5, 5.41) is 16.8. The van der Waals surface area contributed by atoms with Gasteiger partial charge in [0.15, 0.2) is 0 Å². The van der Waals surface area contributed by atoms with Crippen LogP contribution >= 0.6 is 0 Å². The lowest BCUT2D eigenvalue weighted by Gasteiger charge is -2.38. The first-order chi connectivity index (χ1) is 26.2. The predicted molar refractivity (Wildman–Crippen MR) is 209 cm³/mol. The van der Waals surface area contributed by atoms with Crippen LogP contribution in [0, 0.1) is 24.7 Å². The van der Waals surface area contributed by atoms with Gasteiger partial charge in [0.1, 0.15) is 23.1 Å². The molecule has 0 aromatic heterocycles. The summed E-state index contributed by atoms with van der Waals surface area (Å²) in [6.07, 6.45) is 14.5. The Balaban J connectivity index is 1.59. The van der Waals surface area contributed by atoms with E-state index < -0.39 is 23.8 Å². The zero-order chi connectivity index (χ0) is 38.8. The Morgan fingerprint density at radius 1 is 0.815 bits per heavy atom. The van der Waals surface area contributed by atoms with Crippen LogP contribution in [0.3, 0.4) is 0 Å². The van der Waals surface area contributed by atoms with Crippen LogP contribution in [-0.2, 0) is 24.7 Å². The van der Waals surface area contributed by atoms with Crippen molar-refractivity contribution in [1.29, 1.82) is 0 Å². The van der Waals surface area contributed by atoms with Gasteiger partial charge in [-0.15, -0.1) is 24.7 Å². The molecule has 1 aliphatic rings. The number of unbranched alkanes of at least 4 members (excludes halogenated alkanes) is 3. The van der Waals surface area contributed by atoms with Gasteiger partial charge >= 0.3 is 0 Å². The first kappa shape index (κ1) is 41.5. The van der Waals surface area contributed by atoms with Gasteiger partial charge < -0.3 is 34.9 Å². The SMILES string of the molecule is C#CCCCC(=O)NCCCC[C@H](NC(=O)CCCC#C)C(=O)N1C[C@H](O)C[C@H]1COC(c1ccccc1)(c1ccc(OC)cc1)c1ccc(OC)cc1. The van der Waals surface area contributed by atoms with E-state index in [9.17, 15) is 19.5 Å². The molecule has 1 heterocycles. The number of methoxy groups -OCH3 is 2. The lowest BCUT2D eigenvalue weighted by atomic mass is 9.80. The molecule has 0 spiro atoms. The topological polar surface area (TPSA) is 126 Å². The molecule has 0 bridgehead atoms. The highest BCUT2D eigenvalue weighted by Crippen LogP contribution is 2.42. The molecule has 286 valence electrons. The average molecular weight is 736 g/mol. The van der Waals surface area contributed by atoms with E-state index in [2.05, 4.69) is 22.5 Å². The summed E-state index contributed by atoms with van der Waals surface area (Å²) in [4.78, 5) is 41.1. The number of nitrogens with one attached hydrogen (secondary N) is 2. The number of aliphatic hydroxyl groups excluding tert-OH is 1. The minimum atomic E-state index is -1.11. The van der Waals surface area contributed by atoms with Gasteiger partial charge in [0, 0.05) is 38.8 Å². The molecule has 54 heavy (non-hydrogen) atoms. The Bertz CT molecular complexity index is 1670. The Labute approximate surface area is 320 Å². The van der Waals surface area contributed by atoms with Crippen molar-refractivity contribution >= 4 is 17.7 Å². The van der Waals surface area contributed by atoms with Crippen molar-refractivity contribution in [2.45, 2.75) is 88.0 Å². The molecule has 3 aromatic carbocycles. The monoisotopic (exact) mass is 735 g/mol. The number of likely N-dealkylation sites (tertiary alicyclic amines) is 1. The Morgan fingerprint density at radius 3 is 1.93 bits per heavy atom. The summed E-state index contributed by atoms with van der Waals surface area (Å²) in [5.41, 5.74) is 1.45. The van der Waals surface area contributed by atoms with Crippen molar-refractivity contribution in [3.05, 3.63) is 95.6 Å². The van der Waals surface area contributed by atoms with E-state index in [0.717, 1.165) is 16.7 Å². The number of terminal acetylenes is 2. The van der Waals surface area contributed by atoms with E-state index >= 15 is 0 Å². The standard InChI is InChI=1S/C44H53N3O7/c1-5-7-10-19-41(49)45-29-15-14-18-40(46-42(50)20-11-8-6-2)43(51)47-31-37(48)30-36(47)32-54-44(33-16-12-9-13-17-33,34-21-25-38(52-3)26-22-34)35-23-27-39(53-4)28-24-35/h1-2,9,12-13,16-17,21-28,36-37,40,48H,7-8,10-11,14-15,18-20,29-32H2,3-4H3,(H,45,49)(H,46,50)/t36-,37+,40-/m0/s1. The third-order valence-corrected chi connectivity index (χ3v) is 9.67. The van der Waals surface area contributed by atoms with Crippen LogP contribution in [0.15, 0.2) is 78.9 Å². The van der Waals surface area contributed by atoms with Gasteiger partial charge in [-0.3, -0.25) is 14.4 Å². The molecule has 3 N–H and O–H groups in total. The lowest BCUT2D eigenvalue weighted by Crippen LogP contribution is -2.51. The molecule has 0 unspecified atom stereocenters. The van der Waals surface area contributed by atoms with Gasteiger partial charge in [0.2, 0.25) is 17.7 Å². The number of hydrogen-bond acceptors (Lipinski definition) is 7. The minimum absolute atomic E-state index is 0.0653. The van der Waals surface area contributed by atoms with Crippen LogP contribution < -0.4 is 20.1 Å². The fourth-order valence-electron chi connectivity index (χ4n) is 6.83. The van der Waals surface area contributed by atoms with E-state index in [1.807, 2.05) is 78.9 Å². The number of amides is 3. The van der Waals surface area contributed by atoms with Crippen LogP contribution in [0.1, 0.15) is 80.9 Å². The molecule has 10 heteroatoms. The molecule has 10 nitrogen and oxygen atoms in total. The highest BCUT2D eigenvalue weighted by Gasteiger charge is 2.42. The van der Waals surface area contributed by atoms with Crippen LogP contribution in [-0.4, -0.2) is 79.8 Å². The zero-order valence-electron chi connectivity index (χ0n) is 31.4. The number of aliphatic hydroxyl groups is 1. The quantitative estimate of drug-likeness (QED) is 0.0765. The molecule has 1 fully saturated rings. The van der Waals surface area contributed by atoms with Crippen LogP contribution in [0.4, 0.5) is 0 Å². The van der Waals surface area contributed by atoms with Gasteiger partial charge in [-0.25, -0.2) is 0 Å². The summed E-state index contributed by atoms with van der Waals surface area (Å²) in [6.45, 7) is 0.640. The van der Waals surface area contributed by atoms with E-state index in [1.54, 1.807) is 19.1 Å². The van der Waals surface area contributed by atoms with Crippen molar-refractivity contribution in [2.75, 3.05) is 33.9 Å². The van der Waals surface area contributed by atoms with Crippen molar-refractivity contribution in [3.8, 4) is 36.2 Å². The minimum Gasteiger partial charge on any atom is -0.497 e. The molecule has 4 rings (SSSR count). The predicted octanol–water partition coefficient (Wildman–Crippen LogP) is 5.35. The Morgan fingerprint density at radius 2 is 1.37 bits per heavy atom.